The fourth-order valence-electron chi connectivity index (χ4n) is 2.39. The zero-order chi connectivity index (χ0) is 14.5. The minimum absolute atomic E-state index is 0.222. The summed E-state index contributed by atoms with van der Waals surface area (Å²) in [6, 6.07) is 6.09. The van der Waals surface area contributed by atoms with Crippen LogP contribution in [-0.4, -0.2) is 43.8 Å². The maximum absolute atomic E-state index is 11.7. The molecule has 1 saturated heterocycles. The topological polar surface area (TPSA) is 58.8 Å². The number of carbonyl (C=O) groups excluding carboxylic acids is 1. The van der Waals surface area contributed by atoms with E-state index in [1.54, 1.807) is 4.90 Å². The fraction of sp³-hybridized carbons (Fsp3) is 0.500. The first-order valence-electron chi connectivity index (χ1n) is 6.81. The number of hydrogen-bond donors (Lipinski definition) is 1. The van der Waals surface area contributed by atoms with E-state index < -0.39 is 0 Å². The van der Waals surface area contributed by atoms with Crippen molar-refractivity contribution in [1.29, 1.82) is 0 Å². The van der Waals surface area contributed by atoms with Crippen molar-refractivity contribution in [2.75, 3.05) is 37.7 Å². The number of anilines is 1. The van der Waals surface area contributed by atoms with Gasteiger partial charge in [-0.3, -0.25) is 0 Å². The van der Waals surface area contributed by atoms with Crippen LogP contribution in [0.15, 0.2) is 22.7 Å². The Morgan fingerprint density at radius 3 is 2.65 bits per heavy atom. The number of nitrogens with two attached hydrogens (primary N) is 1. The largest absolute Gasteiger partial charge is 0.450 e. The average Bonchev–Trinajstić information content (AvgIpc) is 2.47. The minimum atomic E-state index is -0.222. The monoisotopic (exact) mass is 341 g/mol. The van der Waals surface area contributed by atoms with Crippen LogP contribution in [0.25, 0.3) is 0 Å². The van der Waals surface area contributed by atoms with E-state index >= 15 is 0 Å². The van der Waals surface area contributed by atoms with Gasteiger partial charge in [0.2, 0.25) is 0 Å². The van der Waals surface area contributed by atoms with Crippen LogP contribution in [-0.2, 0) is 11.3 Å². The molecule has 1 heterocycles. The summed E-state index contributed by atoms with van der Waals surface area (Å²) in [5, 5.41) is 0. The fourth-order valence-corrected chi connectivity index (χ4v) is 2.91. The van der Waals surface area contributed by atoms with Crippen LogP contribution in [0.5, 0.6) is 0 Å². The summed E-state index contributed by atoms with van der Waals surface area (Å²) < 4.78 is 6.06. The first-order valence-corrected chi connectivity index (χ1v) is 7.60. The maximum atomic E-state index is 11.7. The Bertz CT molecular complexity index is 473. The predicted octanol–water partition coefficient (Wildman–Crippen LogP) is 2.19. The second kappa shape index (κ2) is 6.95. The smallest absolute Gasteiger partial charge is 0.409 e. The standard InChI is InChI=1S/C14H20BrN3O2/c1-2-20-14(19)18-8-6-17(7-9-18)13-5-3-4-12(15)11(13)10-16/h3-5H,2,6-10,16H2,1H3. The molecule has 0 unspecified atom stereocenters. The number of carbonyl (C=O) groups is 1. The number of piperazine rings is 1. The molecule has 1 aliphatic heterocycles. The molecule has 2 rings (SSSR count). The quantitative estimate of drug-likeness (QED) is 0.915. The highest BCUT2D eigenvalue weighted by Gasteiger charge is 2.23. The van der Waals surface area contributed by atoms with Crippen LogP contribution in [0.2, 0.25) is 0 Å². The lowest BCUT2D eigenvalue weighted by Gasteiger charge is -2.36. The Morgan fingerprint density at radius 1 is 1.35 bits per heavy atom. The van der Waals surface area contributed by atoms with Crippen molar-refractivity contribution in [1.82, 2.24) is 4.90 Å². The first-order chi connectivity index (χ1) is 9.67. The van der Waals surface area contributed by atoms with Crippen molar-refractivity contribution in [3.63, 3.8) is 0 Å². The van der Waals surface area contributed by atoms with E-state index in [0.29, 0.717) is 26.2 Å². The number of hydrogen-bond acceptors (Lipinski definition) is 4. The number of rotatable bonds is 3. The van der Waals surface area contributed by atoms with E-state index in [4.69, 9.17) is 10.5 Å². The van der Waals surface area contributed by atoms with Gasteiger partial charge in [-0.1, -0.05) is 22.0 Å². The summed E-state index contributed by atoms with van der Waals surface area (Å²) in [7, 11) is 0. The minimum Gasteiger partial charge on any atom is -0.450 e. The van der Waals surface area contributed by atoms with Gasteiger partial charge in [0, 0.05) is 48.4 Å². The number of amides is 1. The van der Waals surface area contributed by atoms with Crippen molar-refractivity contribution in [3.8, 4) is 0 Å². The van der Waals surface area contributed by atoms with Crippen LogP contribution in [0.4, 0.5) is 10.5 Å². The van der Waals surface area contributed by atoms with Gasteiger partial charge in [-0.25, -0.2) is 4.79 Å². The normalized spacial score (nSPS) is 15.3. The lowest BCUT2D eigenvalue weighted by atomic mass is 10.1. The average molecular weight is 342 g/mol. The zero-order valence-electron chi connectivity index (χ0n) is 11.6. The van der Waals surface area contributed by atoms with Crippen molar-refractivity contribution >= 4 is 27.7 Å². The van der Waals surface area contributed by atoms with Crippen molar-refractivity contribution in [2.24, 2.45) is 5.73 Å². The molecule has 0 spiro atoms. The van der Waals surface area contributed by atoms with Gasteiger partial charge < -0.3 is 20.3 Å². The molecule has 1 aromatic carbocycles. The molecular formula is C14H20BrN3O2. The SMILES string of the molecule is CCOC(=O)N1CCN(c2cccc(Br)c2CN)CC1. The molecule has 0 bridgehead atoms. The molecule has 0 saturated carbocycles. The molecule has 20 heavy (non-hydrogen) atoms. The highest BCUT2D eigenvalue weighted by Crippen LogP contribution is 2.28. The molecule has 0 aliphatic carbocycles. The van der Waals surface area contributed by atoms with Gasteiger partial charge in [-0.15, -0.1) is 0 Å². The highest BCUT2D eigenvalue weighted by atomic mass is 79.9. The summed E-state index contributed by atoms with van der Waals surface area (Å²) in [6.45, 7) is 5.68. The number of nitrogens with zero attached hydrogens (tertiary/aromatic N) is 2. The van der Waals surface area contributed by atoms with Gasteiger partial charge in [-0.05, 0) is 19.1 Å². The Kier molecular flexibility index (Phi) is 5.25. The third kappa shape index (κ3) is 3.24. The Balaban J connectivity index is 2.04. The third-order valence-corrected chi connectivity index (χ3v) is 4.19. The first kappa shape index (κ1) is 15.1. The molecule has 0 radical (unpaired) electrons. The van der Waals surface area contributed by atoms with E-state index in [-0.39, 0.29) is 6.09 Å². The van der Waals surface area contributed by atoms with E-state index in [0.717, 1.165) is 28.8 Å². The summed E-state index contributed by atoms with van der Waals surface area (Å²) in [4.78, 5) is 15.7. The van der Waals surface area contributed by atoms with Gasteiger partial charge in [-0.2, -0.15) is 0 Å². The Labute approximate surface area is 127 Å². The molecule has 0 atom stereocenters. The van der Waals surface area contributed by atoms with Gasteiger partial charge in [0.1, 0.15) is 0 Å². The molecular weight excluding hydrogens is 322 g/mol. The van der Waals surface area contributed by atoms with E-state index in [1.165, 1.54) is 0 Å². The van der Waals surface area contributed by atoms with Crippen molar-refractivity contribution in [2.45, 2.75) is 13.5 Å². The Morgan fingerprint density at radius 2 is 2.05 bits per heavy atom. The van der Waals surface area contributed by atoms with Crippen molar-refractivity contribution in [3.05, 3.63) is 28.2 Å². The summed E-state index contributed by atoms with van der Waals surface area (Å²) in [5.41, 5.74) is 8.08. The zero-order valence-corrected chi connectivity index (χ0v) is 13.2. The van der Waals surface area contributed by atoms with Crippen LogP contribution >= 0.6 is 15.9 Å². The lowest BCUT2D eigenvalue weighted by molar-refractivity contribution is 0.105. The van der Waals surface area contributed by atoms with E-state index in [2.05, 4.69) is 26.9 Å². The second-order valence-electron chi connectivity index (χ2n) is 4.61. The van der Waals surface area contributed by atoms with Gasteiger partial charge >= 0.3 is 6.09 Å². The summed E-state index contributed by atoms with van der Waals surface area (Å²) in [5.74, 6) is 0. The number of halogens is 1. The van der Waals surface area contributed by atoms with Gasteiger partial charge in [0.15, 0.2) is 0 Å². The van der Waals surface area contributed by atoms with Crippen LogP contribution in [0.1, 0.15) is 12.5 Å². The number of ether oxygens (including phenoxy) is 1. The lowest BCUT2D eigenvalue weighted by Crippen LogP contribution is -2.49. The molecule has 0 aromatic heterocycles. The van der Waals surface area contributed by atoms with Crippen LogP contribution in [0.3, 0.4) is 0 Å². The van der Waals surface area contributed by atoms with Crippen LogP contribution < -0.4 is 10.6 Å². The molecule has 1 fully saturated rings. The summed E-state index contributed by atoms with van der Waals surface area (Å²) in [6.07, 6.45) is -0.222. The van der Waals surface area contributed by atoms with E-state index in [9.17, 15) is 4.79 Å². The van der Waals surface area contributed by atoms with Crippen LogP contribution in [0, 0.1) is 0 Å². The third-order valence-electron chi connectivity index (χ3n) is 3.44. The van der Waals surface area contributed by atoms with E-state index in [1.807, 2.05) is 19.1 Å². The van der Waals surface area contributed by atoms with Crippen molar-refractivity contribution < 1.29 is 9.53 Å². The number of benzene rings is 1. The Hall–Kier alpha value is -1.27. The molecule has 1 aliphatic rings. The molecule has 2 N–H and O–H groups in total. The van der Waals surface area contributed by atoms with Gasteiger partial charge in [0.05, 0.1) is 6.61 Å². The maximum Gasteiger partial charge on any atom is 0.409 e. The van der Waals surface area contributed by atoms with Gasteiger partial charge in [0.25, 0.3) is 0 Å². The molecule has 1 aromatic rings. The second-order valence-corrected chi connectivity index (χ2v) is 5.47. The molecule has 5 nitrogen and oxygen atoms in total. The highest BCUT2D eigenvalue weighted by molar-refractivity contribution is 9.10. The molecule has 1 amide bonds. The predicted molar refractivity (Wildman–Crippen MR) is 82.8 cm³/mol. The molecule has 110 valence electrons. The molecule has 6 heteroatoms. The summed E-state index contributed by atoms with van der Waals surface area (Å²) >= 11 is 3.54.